The third kappa shape index (κ3) is 16.1. The Bertz CT molecular complexity index is 2370. The van der Waals surface area contributed by atoms with E-state index in [1.54, 1.807) is 0 Å². The molecule has 4 aliphatic heterocycles. The summed E-state index contributed by atoms with van der Waals surface area (Å²) in [5, 5.41) is -0.405. The highest BCUT2D eigenvalue weighted by Crippen LogP contribution is 2.59. The van der Waals surface area contributed by atoms with Crippen molar-refractivity contribution >= 4 is 47.7 Å². The highest BCUT2D eigenvalue weighted by Gasteiger charge is 2.58. The van der Waals surface area contributed by atoms with E-state index in [0.717, 1.165) is 16.0 Å². The van der Waals surface area contributed by atoms with E-state index >= 15 is 0 Å². The lowest BCUT2D eigenvalue weighted by Crippen LogP contribution is -2.65. The van der Waals surface area contributed by atoms with Crippen molar-refractivity contribution in [3.05, 3.63) is 102 Å². The number of thioether (sulfide) groups is 1. The Kier molecular flexibility index (Phi) is 19.8. The number of esters is 2. The lowest BCUT2D eigenvalue weighted by molar-refractivity contribution is -0.312. The Balaban J connectivity index is 1.32. The summed E-state index contributed by atoms with van der Waals surface area (Å²) >= 11 is 1.31. The number of benzene rings is 3. The van der Waals surface area contributed by atoms with Gasteiger partial charge in [0.05, 0.1) is 46.2 Å². The van der Waals surface area contributed by atoms with Crippen LogP contribution in [0.1, 0.15) is 73.4 Å². The fraction of sp³-hybridized carbons (Fsp3) is 0.615. The molecule has 22 heteroatoms. The van der Waals surface area contributed by atoms with E-state index in [0.29, 0.717) is 0 Å². The van der Waals surface area contributed by atoms with Gasteiger partial charge in [0, 0.05) is 29.6 Å². The first-order chi connectivity index (χ1) is 34.8. The van der Waals surface area contributed by atoms with E-state index in [9.17, 15) is 18.7 Å². The molecule has 0 aliphatic carbocycles. The maximum atomic E-state index is 14.6. The number of rotatable bonds is 20. The number of phosphoric ester groups is 2. The summed E-state index contributed by atoms with van der Waals surface area (Å²) < 4.78 is 119. The van der Waals surface area contributed by atoms with Crippen LogP contribution in [-0.4, -0.2) is 120 Å². The van der Waals surface area contributed by atoms with Crippen molar-refractivity contribution < 1.29 is 83.4 Å². The molecule has 74 heavy (non-hydrogen) atoms. The summed E-state index contributed by atoms with van der Waals surface area (Å²) in [7, 11) is -11.5. The first kappa shape index (κ1) is 58.8. The Morgan fingerprint density at radius 3 is 1.57 bits per heavy atom. The second-order valence-corrected chi connectivity index (χ2v) is 31.2. The number of ether oxygens (including phenoxy) is 7. The molecule has 18 nitrogen and oxygen atoms in total. The van der Waals surface area contributed by atoms with E-state index in [4.69, 9.17) is 64.7 Å². The van der Waals surface area contributed by atoms with Crippen LogP contribution in [0.5, 0.6) is 0 Å². The van der Waals surface area contributed by atoms with Gasteiger partial charge in [-0.2, -0.15) is 0 Å². The molecule has 0 aromatic heterocycles. The third-order valence-electron chi connectivity index (χ3n) is 13.1. The fourth-order valence-electron chi connectivity index (χ4n) is 8.00. The molecule has 410 valence electrons. The molecule has 3 aromatic rings. The van der Waals surface area contributed by atoms with E-state index in [1.165, 1.54) is 25.6 Å². The highest BCUT2D eigenvalue weighted by molar-refractivity contribution is 7.99. The van der Waals surface area contributed by atoms with Crippen LogP contribution < -0.4 is 0 Å². The number of hydrogen-bond acceptors (Lipinski definition) is 19. The van der Waals surface area contributed by atoms with Crippen LogP contribution in [0.3, 0.4) is 0 Å². The molecule has 0 radical (unpaired) electrons. The lowest BCUT2D eigenvalue weighted by Gasteiger charge is -2.50. The normalized spacial score (nSPS) is 29.7. The van der Waals surface area contributed by atoms with Gasteiger partial charge in [-0.15, -0.1) is 0 Å². The molecule has 3 aromatic carbocycles. The molecule has 10 atom stereocenters. The maximum Gasteiger partial charge on any atom is 0.475 e. The second-order valence-electron chi connectivity index (χ2n) is 22.0. The predicted octanol–water partition coefficient (Wildman–Crippen LogP) is 10.4. The van der Waals surface area contributed by atoms with Gasteiger partial charge in [0.15, 0.2) is 20.7 Å². The van der Waals surface area contributed by atoms with Gasteiger partial charge in [0.1, 0.15) is 54.8 Å². The summed E-state index contributed by atoms with van der Waals surface area (Å²) in [5.74, 6) is -1.30. The Morgan fingerprint density at radius 2 is 1.08 bits per heavy atom. The SMILES string of the molecule is CC(=O)OC[C@H]1O[C@H](OC[C@H]2O[C@H](Sc3ccccc3)[C@@H](OP3(=O)OCC(C)(C)CO3)[C@@H](OCc3ccccc3)[C@@H]2OCc2ccccc2)[C@@H](OP2(=O)OCC(C)(C)CO2)[C@@H](O[Si](C)(C)C(C)(C)C)[C@@H]1OC(C)=O. The minimum atomic E-state index is -4.40. The quantitative estimate of drug-likeness (QED) is 0.0587. The van der Waals surface area contributed by atoms with Crippen molar-refractivity contribution in [3.63, 3.8) is 0 Å². The topological polar surface area (TPSA) is 198 Å². The van der Waals surface area contributed by atoms with E-state index in [1.807, 2.05) is 153 Å². The zero-order valence-corrected chi connectivity index (χ0v) is 47.8. The van der Waals surface area contributed by atoms with Crippen LogP contribution in [-0.2, 0) is 96.7 Å². The number of carbonyl (C=O) groups is 2. The van der Waals surface area contributed by atoms with Crippen molar-refractivity contribution in [1.82, 2.24) is 0 Å². The van der Waals surface area contributed by atoms with Crippen molar-refractivity contribution in [2.75, 3.05) is 39.6 Å². The standard InChI is InChI=1S/C52H74O18P2SSi/c1-35(53)57-29-41-43(65-36(2)54)45(70-74(10,11)50(3,4)5)46(68-71(55)61-31-51(6,7)32-62-71)48(66-41)60-30-40-42(58-27-37-21-15-12-16-22-37)44(59-28-38-23-17-13-18-24-38)47(49(67-40)73-39-25-19-14-20-26-39)69-72(56)63-33-52(8,9)34-64-72/h12-26,40-49H,27-34H2,1-11H3/t40-,41-,42-,43-,44+,45+,46+,47+,48+,49-/m1/s1. The molecule has 0 bridgehead atoms. The van der Waals surface area contributed by atoms with Gasteiger partial charge in [0.25, 0.3) is 0 Å². The van der Waals surface area contributed by atoms with E-state index in [2.05, 4.69) is 0 Å². The van der Waals surface area contributed by atoms with Crippen LogP contribution in [0.2, 0.25) is 18.1 Å². The molecule has 0 unspecified atom stereocenters. The van der Waals surface area contributed by atoms with Crippen LogP contribution in [0, 0.1) is 10.8 Å². The molecule has 4 saturated heterocycles. The number of phosphoric acid groups is 2. The molecule has 0 spiro atoms. The second kappa shape index (κ2) is 24.9. The van der Waals surface area contributed by atoms with E-state index in [-0.39, 0.29) is 52.9 Å². The summed E-state index contributed by atoms with van der Waals surface area (Å²) in [5.41, 5.74) is -0.227. The van der Waals surface area contributed by atoms with Gasteiger partial charge < -0.3 is 37.6 Å². The van der Waals surface area contributed by atoms with Crippen molar-refractivity contribution in [3.8, 4) is 0 Å². The van der Waals surface area contributed by atoms with Crippen LogP contribution in [0.4, 0.5) is 0 Å². The molecule has 0 amide bonds. The van der Waals surface area contributed by atoms with Crippen LogP contribution in [0.15, 0.2) is 95.9 Å². The zero-order chi connectivity index (χ0) is 53.5. The van der Waals surface area contributed by atoms with Crippen molar-refractivity contribution in [2.24, 2.45) is 10.8 Å². The van der Waals surface area contributed by atoms with E-state index < -0.39 is 112 Å². The highest BCUT2D eigenvalue weighted by atomic mass is 32.2. The maximum absolute atomic E-state index is 14.6. The largest absolute Gasteiger partial charge is 0.475 e. The molecular formula is C52H74O18P2SSi. The summed E-state index contributed by atoms with van der Waals surface area (Å²) in [6.07, 6.45) is -10.9. The number of hydrogen-bond donors (Lipinski definition) is 0. The number of carbonyl (C=O) groups excluding carboxylic acids is 2. The molecule has 4 fully saturated rings. The minimum absolute atomic E-state index is 0.0325. The molecular weight excluding hydrogens is 1030 g/mol. The zero-order valence-electron chi connectivity index (χ0n) is 44.2. The van der Waals surface area contributed by atoms with Crippen molar-refractivity contribution in [1.29, 1.82) is 0 Å². The lowest BCUT2D eigenvalue weighted by atomic mass is 9.97. The Morgan fingerprint density at radius 1 is 0.608 bits per heavy atom. The Hall–Kier alpha value is -2.85. The van der Waals surface area contributed by atoms with Gasteiger partial charge in [-0.1, -0.05) is 139 Å². The molecule has 0 N–H and O–H groups in total. The van der Waals surface area contributed by atoms with Gasteiger partial charge in [0.2, 0.25) is 0 Å². The first-order valence-electron chi connectivity index (χ1n) is 24.9. The smallest absolute Gasteiger partial charge is 0.463 e. The Labute approximate surface area is 441 Å². The van der Waals surface area contributed by atoms with Gasteiger partial charge in [-0.05, 0) is 41.4 Å². The van der Waals surface area contributed by atoms with Gasteiger partial charge >= 0.3 is 27.6 Å². The molecule has 4 heterocycles. The average molecular weight is 1110 g/mol. The van der Waals surface area contributed by atoms with Gasteiger partial charge in [-0.3, -0.25) is 36.7 Å². The fourth-order valence-corrected chi connectivity index (χ4v) is 14.0. The molecule has 0 saturated carbocycles. The summed E-state index contributed by atoms with van der Waals surface area (Å²) in [6.45, 7) is 20.0. The summed E-state index contributed by atoms with van der Waals surface area (Å²) in [6, 6.07) is 28.6. The predicted molar refractivity (Wildman–Crippen MR) is 276 cm³/mol. The van der Waals surface area contributed by atoms with Crippen molar-refractivity contribution in [2.45, 2.75) is 159 Å². The third-order valence-corrected chi connectivity index (χ3v) is 21.5. The molecule has 7 rings (SSSR count). The first-order valence-corrected chi connectivity index (χ1v) is 31.6. The van der Waals surface area contributed by atoms with Gasteiger partial charge in [-0.25, -0.2) is 9.13 Å². The monoisotopic (exact) mass is 1110 g/mol. The van der Waals surface area contributed by atoms with Crippen LogP contribution in [0.25, 0.3) is 0 Å². The molecule has 4 aliphatic rings. The average Bonchev–Trinajstić information content (AvgIpc) is 3.34. The van der Waals surface area contributed by atoms with Crippen LogP contribution >= 0.6 is 27.4 Å². The summed E-state index contributed by atoms with van der Waals surface area (Å²) in [4.78, 5) is 26.2. The minimum Gasteiger partial charge on any atom is -0.463 e.